The number of pyridine rings is 1. The first-order valence-corrected chi connectivity index (χ1v) is 9.32. The number of aliphatic hydroxyl groups excluding tert-OH is 1. The summed E-state index contributed by atoms with van der Waals surface area (Å²) < 4.78 is 2.01. The van der Waals surface area contributed by atoms with Gasteiger partial charge in [-0.2, -0.15) is 9.97 Å². The number of rotatable bonds is 8. The van der Waals surface area contributed by atoms with Crippen LogP contribution in [-0.4, -0.2) is 41.8 Å². The Morgan fingerprint density at radius 1 is 1.15 bits per heavy atom. The van der Waals surface area contributed by atoms with Crippen molar-refractivity contribution in [2.45, 2.75) is 58.8 Å². The maximum atomic E-state index is 9.95. The van der Waals surface area contributed by atoms with Gasteiger partial charge in [-0.1, -0.05) is 13.0 Å². The van der Waals surface area contributed by atoms with E-state index in [2.05, 4.69) is 44.4 Å². The quantitative estimate of drug-likeness (QED) is 0.561. The standard InChI is InChI=1S/C19H27N7O/c1-5-15(13(4)27)23-19-24-17(21-10-14-8-6-7-9-20-14)16-18(25-19)26(11-22-16)12(2)3/h6-9,11-13,15,27H,5,10H2,1-4H3,(H2,21,23,24,25)/t13?,15-/m0/s1. The monoisotopic (exact) mass is 369 g/mol. The van der Waals surface area contributed by atoms with Crippen LogP contribution in [0.25, 0.3) is 11.2 Å². The molecule has 0 aromatic carbocycles. The zero-order chi connectivity index (χ0) is 19.4. The van der Waals surface area contributed by atoms with Crippen molar-refractivity contribution in [3.05, 3.63) is 36.4 Å². The number of anilines is 2. The van der Waals surface area contributed by atoms with Crippen molar-refractivity contribution in [3.63, 3.8) is 0 Å². The largest absolute Gasteiger partial charge is 0.391 e. The van der Waals surface area contributed by atoms with Crippen LogP contribution in [0.1, 0.15) is 45.9 Å². The van der Waals surface area contributed by atoms with E-state index in [4.69, 9.17) is 0 Å². The molecule has 3 N–H and O–H groups in total. The lowest BCUT2D eigenvalue weighted by molar-refractivity contribution is 0.169. The predicted octanol–water partition coefficient (Wildman–Crippen LogP) is 2.99. The molecule has 3 heterocycles. The summed E-state index contributed by atoms with van der Waals surface area (Å²) >= 11 is 0. The van der Waals surface area contributed by atoms with Gasteiger partial charge in [-0.05, 0) is 39.3 Å². The van der Waals surface area contributed by atoms with E-state index in [0.717, 1.165) is 23.3 Å². The van der Waals surface area contributed by atoms with Crippen LogP contribution >= 0.6 is 0 Å². The predicted molar refractivity (Wildman–Crippen MR) is 107 cm³/mol. The van der Waals surface area contributed by atoms with Crippen molar-refractivity contribution in [3.8, 4) is 0 Å². The van der Waals surface area contributed by atoms with Crippen LogP contribution in [0.4, 0.5) is 11.8 Å². The highest BCUT2D eigenvalue weighted by atomic mass is 16.3. The van der Waals surface area contributed by atoms with Crippen molar-refractivity contribution >= 4 is 22.9 Å². The molecule has 0 saturated carbocycles. The van der Waals surface area contributed by atoms with Gasteiger partial charge in [0, 0.05) is 12.2 Å². The Balaban J connectivity index is 1.96. The molecule has 1 unspecified atom stereocenters. The number of nitrogens with one attached hydrogen (secondary N) is 2. The van der Waals surface area contributed by atoms with Crippen LogP contribution in [0, 0.1) is 0 Å². The third-order valence-corrected chi connectivity index (χ3v) is 4.48. The average molecular weight is 369 g/mol. The summed E-state index contributed by atoms with van der Waals surface area (Å²) in [5.41, 5.74) is 2.39. The highest BCUT2D eigenvalue weighted by Gasteiger charge is 2.18. The zero-order valence-corrected chi connectivity index (χ0v) is 16.2. The second-order valence-corrected chi connectivity index (χ2v) is 6.89. The van der Waals surface area contributed by atoms with Crippen LogP contribution in [0.2, 0.25) is 0 Å². The lowest BCUT2D eigenvalue weighted by Crippen LogP contribution is -2.31. The molecule has 3 aromatic heterocycles. The molecule has 0 saturated heterocycles. The maximum absolute atomic E-state index is 9.95. The highest BCUT2D eigenvalue weighted by Crippen LogP contribution is 2.24. The number of imidazole rings is 1. The fourth-order valence-electron chi connectivity index (χ4n) is 2.89. The van der Waals surface area contributed by atoms with Gasteiger partial charge in [0.25, 0.3) is 0 Å². The van der Waals surface area contributed by atoms with Gasteiger partial charge in [0.15, 0.2) is 17.0 Å². The molecule has 0 bridgehead atoms. The number of hydrogen-bond donors (Lipinski definition) is 3. The van der Waals surface area contributed by atoms with Gasteiger partial charge in [0.05, 0.1) is 30.7 Å². The molecule has 0 amide bonds. The molecule has 144 valence electrons. The molecule has 0 spiro atoms. The fraction of sp³-hybridized carbons (Fsp3) is 0.474. The van der Waals surface area contributed by atoms with E-state index in [1.807, 2.05) is 29.7 Å². The van der Waals surface area contributed by atoms with Crippen LogP contribution in [0.15, 0.2) is 30.7 Å². The Morgan fingerprint density at radius 3 is 2.59 bits per heavy atom. The summed E-state index contributed by atoms with van der Waals surface area (Å²) in [7, 11) is 0. The number of hydrogen-bond acceptors (Lipinski definition) is 7. The van der Waals surface area contributed by atoms with E-state index in [1.54, 1.807) is 19.4 Å². The maximum Gasteiger partial charge on any atom is 0.227 e. The summed E-state index contributed by atoms with van der Waals surface area (Å²) in [5.74, 6) is 1.12. The summed E-state index contributed by atoms with van der Waals surface area (Å²) in [6.45, 7) is 8.48. The first-order chi connectivity index (χ1) is 13.0. The van der Waals surface area contributed by atoms with Crippen LogP contribution < -0.4 is 10.6 Å². The Bertz CT molecular complexity index is 876. The van der Waals surface area contributed by atoms with Crippen molar-refractivity contribution in [2.24, 2.45) is 0 Å². The van der Waals surface area contributed by atoms with Gasteiger partial charge < -0.3 is 20.3 Å². The second kappa shape index (κ2) is 8.30. The molecule has 0 fully saturated rings. The molecule has 3 rings (SSSR count). The number of fused-ring (bicyclic) bond motifs is 1. The molecule has 8 nitrogen and oxygen atoms in total. The minimum absolute atomic E-state index is 0.124. The molecule has 0 radical (unpaired) electrons. The number of nitrogens with zero attached hydrogens (tertiary/aromatic N) is 5. The lowest BCUT2D eigenvalue weighted by atomic mass is 10.1. The fourth-order valence-corrected chi connectivity index (χ4v) is 2.89. The molecule has 27 heavy (non-hydrogen) atoms. The molecule has 0 aliphatic heterocycles. The van der Waals surface area contributed by atoms with Crippen LogP contribution in [0.3, 0.4) is 0 Å². The Hall–Kier alpha value is -2.74. The average Bonchev–Trinajstić information content (AvgIpc) is 3.09. The summed E-state index contributed by atoms with van der Waals surface area (Å²) in [4.78, 5) is 18.1. The second-order valence-electron chi connectivity index (χ2n) is 6.89. The molecule has 0 aliphatic rings. The first-order valence-electron chi connectivity index (χ1n) is 9.32. The van der Waals surface area contributed by atoms with Crippen molar-refractivity contribution in [2.75, 3.05) is 10.6 Å². The van der Waals surface area contributed by atoms with Gasteiger partial charge in [-0.15, -0.1) is 0 Å². The van der Waals surface area contributed by atoms with Gasteiger partial charge >= 0.3 is 0 Å². The van der Waals surface area contributed by atoms with Gasteiger partial charge in [-0.25, -0.2) is 4.98 Å². The van der Waals surface area contributed by atoms with Gasteiger partial charge in [0.2, 0.25) is 5.95 Å². The Labute approximate surface area is 159 Å². The van der Waals surface area contributed by atoms with E-state index in [0.29, 0.717) is 18.3 Å². The van der Waals surface area contributed by atoms with Gasteiger partial charge in [-0.3, -0.25) is 4.98 Å². The first kappa shape index (κ1) is 19.0. The minimum Gasteiger partial charge on any atom is -0.391 e. The lowest BCUT2D eigenvalue weighted by Gasteiger charge is -2.20. The van der Waals surface area contributed by atoms with Crippen molar-refractivity contribution in [1.82, 2.24) is 24.5 Å². The van der Waals surface area contributed by atoms with E-state index in [-0.39, 0.29) is 12.1 Å². The smallest absolute Gasteiger partial charge is 0.227 e. The van der Waals surface area contributed by atoms with E-state index in [1.165, 1.54) is 0 Å². The number of aromatic nitrogens is 5. The minimum atomic E-state index is -0.505. The van der Waals surface area contributed by atoms with E-state index >= 15 is 0 Å². The molecular weight excluding hydrogens is 342 g/mol. The Kier molecular flexibility index (Phi) is 5.85. The number of aliphatic hydroxyl groups is 1. The van der Waals surface area contributed by atoms with Crippen molar-refractivity contribution in [1.29, 1.82) is 0 Å². The molecule has 8 heteroatoms. The molecule has 2 atom stereocenters. The van der Waals surface area contributed by atoms with Crippen LogP contribution in [-0.2, 0) is 6.54 Å². The molecular formula is C19H27N7O. The van der Waals surface area contributed by atoms with Crippen LogP contribution in [0.5, 0.6) is 0 Å². The van der Waals surface area contributed by atoms with Crippen molar-refractivity contribution < 1.29 is 5.11 Å². The van der Waals surface area contributed by atoms with Gasteiger partial charge in [0.1, 0.15) is 0 Å². The normalized spacial score (nSPS) is 13.7. The Morgan fingerprint density at radius 2 is 1.96 bits per heavy atom. The third kappa shape index (κ3) is 4.33. The molecule has 3 aromatic rings. The highest BCUT2D eigenvalue weighted by molar-refractivity contribution is 5.84. The summed E-state index contributed by atoms with van der Waals surface area (Å²) in [6, 6.07) is 5.90. The third-order valence-electron chi connectivity index (χ3n) is 4.48. The zero-order valence-electron chi connectivity index (χ0n) is 16.2. The van der Waals surface area contributed by atoms with E-state index in [9.17, 15) is 5.11 Å². The van der Waals surface area contributed by atoms with E-state index < -0.39 is 6.10 Å². The summed E-state index contributed by atoms with van der Waals surface area (Å²) in [6.07, 6.45) is 3.81. The SMILES string of the molecule is CC[C@H](Nc1nc(NCc2ccccn2)c2ncn(C(C)C)c2n1)C(C)O. The molecule has 0 aliphatic carbocycles. The topological polar surface area (TPSA) is 101 Å². The summed E-state index contributed by atoms with van der Waals surface area (Å²) in [5, 5.41) is 16.5.